The van der Waals surface area contributed by atoms with Gasteiger partial charge in [-0.25, -0.2) is 13.1 Å². The fourth-order valence-electron chi connectivity index (χ4n) is 2.81. The minimum atomic E-state index is -3.80. The minimum absolute atomic E-state index is 0.00776. The monoisotopic (exact) mass is 445 g/mol. The zero-order valence-electron chi connectivity index (χ0n) is 16.3. The van der Waals surface area contributed by atoms with E-state index >= 15 is 0 Å². The van der Waals surface area contributed by atoms with Crippen LogP contribution in [0.3, 0.4) is 0 Å². The molecule has 1 aromatic rings. The molecule has 1 N–H and O–H groups in total. The van der Waals surface area contributed by atoms with E-state index in [2.05, 4.69) is 4.72 Å². The lowest BCUT2D eigenvalue weighted by Gasteiger charge is -2.35. The molecule has 2 rings (SSSR count). The minimum Gasteiger partial charge on any atom is -0.452 e. The third-order valence-electron chi connectivity index (χ3n) is 4.42. The molecule has 1 saturated heterocycles. The molecule has 0 aromatic heterocycles. The Morgan fingerprint density at radius 3 is 2.38 bits per heavy atom. The second-order valence-corrected chi connectivity index (χ2v) is 8.77. The topological polar surface area (TPSA) is 113 Å². The third-order valence-corrected chi connectivity index (χ3v) is 6.11. The molecule has 0 aliphatic carbocycles. The summed E-state index contributed by atoms with van der Waals surface area (Å²) in [7, 11) is -3.80. The molecule has 160 valence electrons. The fourth-order valence-corrected chi connectivity index (χ4v) is 4.14. The maximum Gasteiger partial charge on any atom is 0.307 e. The molecule has 1 atom stereocenters. The summed E-state index contributed by atoms with van der Waals surface area (Å²) >= 11 is 5.79. The summed E-state index contributed by atoms with van der Waals surface area (Å²) in [5, 5.41) is 0.281. The number of ether oxygens (including phenoxy) is 1. The lowest BCUT2D eigenvalue weighted by molar-refractivity contribution is -0.160. The van der Waals surface area contributed by atoms with Crippen molar-refractivity contribution in [2.75, 3.05) is 32.7 Å². The number of sulfonamides is 1. The van der Waals surface area contributed by atoms with Gasteiger partial charge in [0.1, 0.15) is 0 Å². The maximum atomic E-state index is 12.4. The van der Waals surface area contributed by atoms with Crippen molar-refractivity contribution in [3.8, 4) is 0 Å². The molecule has 1 aliphatic rings. The van der Waals surface area contributed by atoms with Gasteiger partial charge in [-0.3, -0.25) is 14.4 Å². The highest BCUT2D eigenvalue weighted by molar-refractivity contribution is 7.89. The molecule has 1 fully saturated rings. The van der Waals surface area contributed by atoms with E-state index in [0.29, 0.717) is 26.2 Å². The standard InChI is InChI=1S/C18H24ClN3O6S/c1-13(18(25)22-10-8-21(9-11-22)14(2)23)28-17(24)6-7-20-29(26,27)16-5-3-4-15(19)12-16/h3-5,12-13,20H,6-11H2,1-2H3. The van der Waals surface area contributed by atoms with E-state index in [1.165, 1.54) is 32.0 Å². The van der Waals surface area contributed by atoms with Crippen LogP contribution in [0.4, 0.5) is 0 Å². The molecule has 1 heterocycles. The number of amides is 2. The number of nitrogens with zero attached hydrogens (tertiary/aromatic N) is 2. The number of carbonyl (C=O) groups excluding carboxylic acids is 3. The number of carbonyl (C=O) groups is 3. The SMILES string of the molecule is CC(=O)N1CCN(C(=O)C(C)OC(=O)CCNS(=O)(=O)c2cccc(Cl)c2)CC1. The average Bonchev–Trinajstić information content (AvgIpc) is 2.67. The van der Waals surface area contributed by atoms with Crippen LogP contribution in [0.1, 0.15) is 20.3 Å². The Morgan fingerprint density at radius 2 is 1.79 bits per heavy atom. The van der Waals surface area contributed by atoms with Gasteiger partial charge in [-0.05, 0) is 25.1 Å². The lowest BCUT2D eigenvalue weighted by atomic mass is 10.2. The van der Waals surface area contributed by atoms with Crippen LogP contribution in [0.5, 0.6) is 0 Å². The van der Waals surface area contributed by atoms with Crippen molar-refractivity contribution < 1.29 is 27.5 Å². The second-order valence-electron chi connectivity index (χ2n) is 6.57. The summed E-state index contributed by atoms with van der Waals surface area (Å²) in [5.74, 6) is -1.08. The first-order chi connectivity index (χ1) is 13.6. The van der Waals surface area contributed by atoms with Crippen LogP contribution in [0.2, 0.25) is 5.02 Å². The first kappa shape index (κ1) is 23.1. The first-order valence-corrected chi connectivity index (χ1v) is 11.0. The molecule has 1 aromatic carbocycles. The Kier molecular flexibility index (Phi) is 8.00. The van der Waals surface area contributed by atoms with Crippen LogP contribution in [-0.2, 0) is 29.1 Å². The number of benzene rings is 1. The molecule has 0 saturated carbocycles. The number of hydrogen-bond donors (Lipinski definition) is 1. The van der Waals surface area contributed by atoms with Gasteiger partial charge in [0.2, 0.25) is 15.9 Å². The molecule has 1 aliphatic heterocycles. The normalized spacial score (nSPS) is 15.7. The van der Waals surface area contributed by atoms with E-state index in [9.17, 15) is 22.8 Å². The van der Waals surface area contributed by atoms with Crippen LogP contribution < -0.4 is 4.72 Å². The Hall–Kier alpha value is -2.17. The summed E-state index contributed by atoms with van der Waals surface area (Å²) in [5.41, 5.74) is 0. The van der Waals surface area contributed by atoms with Gasteiger partial charge in [0.25, 0.3) is 5.91 Å². The highest BCUT2D eigenvalue weighted by Crippen LogP contribution is 2.15. The molecule has 0 radical (unpaired) electrons. The van der Waals surface area contributed by atoms with Crippen LogP contribution in [0, 0.1) is 0 Å². The van der Waals surface area contributed by atoms with Crippen molar-refractivity contribution in [1.29, 1.82) is 0 Å². The van der Waals surface area contributed by atoms with E-state index in [-0.39, 0.29) is 34.7 Å². The first-order valence-electron chi connectivity index (χ1n) is 9.09. The Morgan fingerprint density at radius 1 is 1.17 bits per heavy atom. The van der Waals surface area contributed by atoms with E-state index in [1.807, 2.05) is 0 Å². The van der Waals surface area contributed by atoms with Gasteiger partial charge < -0.3 is 14.5 Å². The van der Waals surface area contributed by atoms with Gasteiger partial charge in [0, 0.05) is 44.7 Å². The summed E-state index contributed by atoms with van der Waals surface area (Å²) in [4.78, 5) is 38.8. The van der Waals surface area contributed by atoms with Crippen LogP contribution >= 0.6 is 11.6 Å². The van der Waals surface area contributed by atoms with E-state index in [0.717, 1.165) is 0 Å². The summed E-state index contributed by atoms with van der Waals surface area (Å²) in [6, 6.07) is 5.75. The number of nitrogens with one attached hydrogen (secondary N) is 1. The summed E-state index contributed by atoms with van der Waals surface area (Å²) in [6.45, 7) is 4.39. The lowest BCUT2D eigenvalue weighted by Crippen LogP contribution is -2.52. The fraction of sp³-hybridized carbons (Fsp3) is 0.500. The Balaban J connectivity index is 1.77. The molecule has 0 spiro atoms. The Bertz CT molecular complexity index is 868. The number of esters is 1. The van der Waals surface area contributed by atoms with Crippen molar-refractivity contribution >= 4 is 39.4 Å². The molecule has 1 unspecified atom stereocenters. The van der Waals surface area contributed by atoms with Crippen molar-refractivity contribution in [3.05, 3.63) is 29.3 Å². The quantitative estimate of drug-likeness (QED) is 0.616. The van der Waals surface area contributed by atoms with Crippen LogP contribution in [0.25, 0.3) is 0 Å². The van der Waals surface area contributed by atoms with Gasteiger partial charge in [-0.2, -0.15) is 0 Å². The van der Waals surface area contributed by atoms with E-state index in [4.69, 9.17) is 16.3 Å². The molecule has 11 heteroatoms. The number of halogens is 1. The van der Waals surface area contributed by atoms with Crippen molar-refractivity contribution in [2.24, 2.45) is 0 Å². The highest BCUT2D eigenvalue weighted by atomic mass is 35.5. The number of hydrogen-bond acceptors (Lipinski definition) is 6. The zero-order valence-corrected chi connectivity index (χ0v) is 17.8. The summed E-state index contributed by atoms with van der Waals surface area (Å²) < 4.78 is 31.7. The molecular weight excluding hydrogens is 422 g/mol. The van der Waals surface area contributed by atoms with Gasteiger partial charge >= 0.3 is 5.97 Å². The Labute approximate surface area is 175 Å². The molecule has 2 amide bonds. The second kappa shape index (κ2) is 10.0. The van der Waals surface area contributed by atoms with Gasteiger partial charge in [-0.15, -0.1) is 0 Å². The van der Waals surface area contributed by atoms with Crippen molar-refractivity contribution in [2.45, 2.75) is 31.3 Å². The maximum absolute atomic E-state index is 12.4. The summed E-state index contributed by atoms with van der Waals surface area (Å²) in [6.07, 6.45) is -1.22. The predicted molar refractivity (Wildman–Crippen MR) is 106 cm³/mol. The predicted octanol–water partition coefficient (Wildman–Crippen LogP) is 0.631. The third kappa shape index (κ3) is 6.69. The smallest absolute Gasteiger partial charge is 0.307 e. The van der Waals surface area contributed by atoms with E-state index < -0.39 is 22.1 Å². The van der Waals surface area contributed by atoms with Crippen molar-refractivity contribution in [1.82, 2.24) is 14.5 Å². The number of rotatable bonds is 7. The van der Waals surface area contributed by atoms with Gasteiger partial charge in [0.15, 0.2) is 6.10 Å². The van der Waals surface area contributed by atoms with E-state index in [1.54, 1.807) is 15.9 Å². The molecular formula is C18H24ClN3O6S. The van der Waals surface area contributed by atoms with Crippen molar-refractivity contribution in [3.63, 3.8) is 0 Å². The number of piperazine rings is 1. The van der Waals surface area contributed by atoms with Crippen LogP contribution in [0.15, 0.2) is 29.2 Å². The largest absolute Gasteiger partial charge is 0.452 e. The van der Waals surface area contributed by atoms with Gasteiger partial charge in [-0.1, -0.05) is 17.7 Å². The van der Waals surface area contributed by atoms with Crippen LogP contribution in [-0.4, -0.2) is 74.8 Å². The molecule has 0 bridgehead atoms. The molecule has 9 nitrogen and oxygen atoms in total. The average molecular weight is 446 g/mol. The molecule has 29 heavy (non-hydrogen) atoms. The van der Waals surface area contributed by atoms with Gasteiger partial charge in [0.05, 0.1) is 11.3 Å². The highest BCUT2D eigenvalue weighted by Gasteiger charge is 2.27. The zero-order chi connectivity index (χ0) is 21.6.